The second-order valence-corrected chi connectivity index (χ2v) is 5.57. The lowest BCUT2D eigenvalue weighted by molar-refractivity contribution is 0.337. The molecule has 112 valence electrons. The molecule has 1 unspecified atom stereocenters. The summed E-state index contributed by atoms with van der Waals surface area (Å²) in [5.41, 5.74) is 2.43. The quantitative estimate of drug-likeness (QED) is 0.627. The number of rotatable bonds is 7. The van der Waals surface area contributed by atoms with E-state index in [1.54, 1.807) is 24.2 Å². The van der Waals surface area contributed by atoms with E-state index in [0.29, 0.717) is 12.6 Å². The van der Waals surface area contributed by atoms with Crippen molar-refractivity contribution in [3.8, 4) is 5.75 Å². The highest BCUT2D eigenvalue weighted by Crippen LogP contribution is 2.29. The minimum absolute atomic E-state index is 0.317. The standard InChI is InChI=1S/C16H21N3OS/c1-4-20-15-7-6-13(12(2)17-3)10-14(15)11-21-16-18-8-5-9-19-16/h5-10,12,17H,4,11H2,1-3H3. The molecule has 0 fully saturated rings. The summed E-state index contributed by atoms with van der Waals surface area (Å²) >= 11 is 1.62. The van der Waals surface area contributed by atoms with Crippen LogP contribution in [0.1, 0.15) is 31.0 Å². The van der Waals surface area contributed by atoms with Gasteiger partial charge in [0.2, 0.25) is 0 Å². The number of ether oxygens (including phenoxy) is 1. The van der Waals surface area contributed by atoms with E-state index in [1.807, 2.05) is 20.0 Å². The highest BCUT2D eigenvalue weighted by atomic mass is 32.2. The molecule has 4 nitrogen and oxygen atoms in total. The van der Waals surface area contributed by atoms with Gasteiger partial charge >= 0.3 is 0 Å². The van der Waals surface area contributed by atoms with E-state index in [1.165, 1.54) is 11.1 Å². The molecule has 0 amide bonds. The first-order valence-electron chi connectivity index (χ1n) is 7.07. The summed E-state index contributed by atoms with van der Waals surface area (Å²) in [6, 6.07) is 8.50. The Morgan fingerprint density at radius 3 is 2.71 bits per heavy atom. The second kappa shape index (κ2) is 8.00. The lowest BCUT2D eigenvalue weighted by Crippen LogP contribution is -2.12. The van der Waals surface area contributed by atoms with E-state index in [9.17, 15) is 0 Å². The summed E-state index contributed by atoms with van der Waals surface area (Å²) in [5.74, 6) is 1.73. The van der Waals surface area contributed by atoms with Crippen LogP contribution < -0.4 is 10.1 Å². The van der Waals surface area contributed by atoms with Gasteiger partial charge in [0.1, 0.15) is 5.75 Å². The molecule has 0 spiro atoms. The fourth-order valence-corrected chi connectivity index (χ4v) is 2.73. The van der Waals surface area contributed by atoms with Crippen LogP contribution in [0.3, 0.4) is 0 Å². The maximum absolute atomic E-state index is 5.72. The van der Waals surface area contributed by atoms with Crippen LogP contribution in [0, 0.1) is 0 Å². The first kappa shape index (κ1) is 15.8. The Labute approximate surface area is 130 Å². The van der Waals surface area contributed by atoms with Crippen LogP contribution in [-0.2, 0) is 5.75 Å². The molecule has 0 aliphatic carbocycles. The number of aromatic nitrogens is 2. The van der Waals surface area contributed by atoms with Gasteiger partial charge in [0.15, 0.2) is 5.16 Å². The van der Waals surface area contributed by atoms with E-state index in [4.69, 9.17) is 4.74 Å². The topological polar surface area (TPSA) is 47.0 Å². The van der Waals surface area contributed by atoms with Crippen LogP contribution in [0.15, 0.2) is 41.8 Å². The monoisotopic (exact) mass is 303 g/mol. The Morgan fingerprint density at radius 1 is 1.29 bits per heavy atom. The molecule has 0 aliphatic rings. The van der Waals surface area contributed by atoms with Crippen molar-refractivity contribution < 1.29 is 4.74 Å². The highest BCUT2D eigenvalue weighted by Gasteiger charge is 2.10. The van der Waals surface area contributed by atoms with Crippen LogP contribution in [0.5, 0.6) is 5.75 Å². The summed E-state index contributed by atoms with van der Waals surface area (Å²) in [4.78, 5) is 8.48. The Balaban J connectivity index is 2.17. The van der Waals surface area contributed by atoms with Gasteiger partial charge in [-0.05, 0) is 44.7 Å². The third-order valence-corrected chi connectivity index (χ3v) is 4.14. The first-order chi connectivity index (χ1) is 10.2. The van der Waals surface area contributed by atoms with Crippen molar-refractivity contribution in [3.05, 3.63) is 47.8 Å². The van der Waals surface area contributed by atoms with E-state index in [0.717, 1.165) is 16.7 Å². The van der Waals surface area contributed by atoms with Crippen molar-refractivity contribution in [1.29, 1.82) is 0 Å². The lowest BCUT2D eigenvalue weighted by atomic mass is 10.1. The zero-order valence-corrected chi connectivity index (χ0v) is 13.5. The van der Waals surface area contributed by atoms with Gasteiger partial charge in [0.05, 0.1) is 6.61 Å². The molecule has 2 rings (SSSR count). The van der Waals surface area contributed by atoms with Crippen LogP contribution in [0.2, 0.25) is 0 Å². The van der Waals surface area contributed by atoms with Gasteiger partial charge < -0.3 is 10.1 Å². The third kappa shape index (κ3) is 4.44. The Hall–Kier alpha value is -1.59. The molecule has 0 saturated carbocycles. The SMILES string of the molecule is CCOc1ccc(C(C)NC)cc1CSc1ncccn1. The van der Waals surface area contributed by atoms with E-state index < -0.39 is 0 Å². The number of hydrogen-bond donors (Lipinski definition) is 1. The molecule has 1 heterocycles. The van der Waals surface area contributed by atoms with Gasteiger partial charge in [-0.1, -0.05) is 17.8 Å². The molecule has 0 radical (unpaired) electrons. The predicted octanol–water partition coefficient (Wildman–Crippen LogP) is 3.45. The predicted molar refractivity (Wildman–Crippen MR) is 86.7 cm³/mol. The van der Waals surface area contributed by atoms with E-state index >= 15 is 0 Å². The number of hydrogen-bond acceptors (Lipinski definition) is 5. The highest BCUT2D eigenvalue weighted by molar-refractivity contribution is 7.98. The second-order valence-electron chi connectivity index (χ2n) is 4.63. The molecule has 5 heteroatoms. The molecule has 1 aromatic carbocycles. The summed E-state index contributed by atoms with van der Waals surface area (Å²) in [7, 11) is 1.97. The van der Waals surface area contributed by atoms with Gasteiger partial charge in [0, 0.05) is 29.8 Å². The van der Waals surface area contributed by atoms with Crippen LogP contribution >= 0.6 is 11.8 Å². The van der Waals surface area contributed by atoms with Crippen molar-refractivity contribution in [2.75, 3.05) is 13.7 Å². The van der Waals surface area contributed by atoms with Crippen molar-refractivity contribution in [2.24, 2.45) is 0 Å². The summed E-state index contributed by atoms with van der Waals surface area (Å²) < 4.78 is 5.72. The van der Waals surface area contributed by atoms with E-state index in [-0.39, 0.29) is 0 Å². The minimum atomic E-state index is 0.317. The smallest absolute Gasteiger partial charge is 0.187 e. The average Bonchev–Trinajstić information content (AvgIpc) is 2.54. The molecule has 0 bridgehead atoms. The maximum atomic E-state index is 5.72. The molecule has 1 N–H and O–H groups in total. The molecular weight excluding hydrogens is 282 g/mol. The Kier molecular flexibility index (Phi) is 6.02. The summed E-state index contributed by atoms with van der Waals surface area (Å²) in [5, 5.41) is 4.05. The number of nitrogens with zero attached hydrogens (tertiary/aromatic N) is 2. The Bertz CT molecular complexity index is 563. The molecular formula is C16H21N3OS. The van der Waals surface area contributed by atoms with E-state index in [2.05, 4.69) is 40.4 Å². The normalized spacial score (nSPS) is 12.1. The van der Waals surface area contributed by atoms with Crippen LogP contribution in [0.4, 0.5) is 0 Å². The molecule has 21 heavy (non-hydrogen) atoms. The van der Waals surface area contributed by atoms with Crippen molar-refractivity contribution in [1.82, 2.24) is 15.3 Å². The maximum Gasteiger partial charge on any atom is 0.187 e. The molecule has 1 aromatic heterocycles. The van der Waals surface area contributed by atoms with Gasteiger partial charge in [-0.15, -0.1) is 0 Å². The van der Waals surface area contributed by atoms with Crippen LogP contribution in [-0.4, -0.2) is 23.6 Å². The van der Waals surface area contributed by atoms with Crippen molar-refractivity contribution >= 4 is 11.8 Å². The number of nitrogens with one attached hydrogen (secondary N) is 1. The average molecular weight is 303 g/mol. The summed E-state index contributed by atoms with van der Waals surface area (Å²) in [6.45, 7) is 4.81. The summed E-state index contributed by atoms with van der Waals surface area (Å²) in [6.07, 6.45) is 3.52. The van der Waals surface area contributed by atoms with Crippen molar-refractivity contribution in [3.63, 3.8) is 0 Å². The molecule has 0 saturated heterocycles. The lowest BCUT2D eigenvalue weighted by Gasteiger charge is -2.15. The zero-order valence-electron chi connectivity index (χ0n) is 12.7. The third-order valence-electron chi connectivity index (χ3n) is 3.22. The molecule has 2 aromatic rings. The zero-order chi connectivity index (χ0) is 15.1. The van der Waals surface area contributed by atoms with Gasteiger partial charge in [-0.3, -0.25) is 0 Å². The van der Waals surface area contributed by atoms with Gasteiger partial charge in [-0.25, -0.2) is 9.97 Å². The molecule has 0 aliphatic heterocycles. The largest absolute Gasteiger partial charge is 0.494 e. The Morgan fingerprint density at radius 2 is 2.05 bits per heavy atom. The van der Waals surface area contributed by atoms with Gasteiger partial charge in [-0.2, -0.15) is 0 Å². The van der Waals surface area contributed by atoms with Gasteiger partial charge in [0.25, 0.3) is 0 Å². The molecule has 1 atom stereocenters. The minimum Gasteiger partial charge on any atom is -0.494 e. The first-order valence-corrected chi connectivity index (χ1v) is 8.05. The number of benzene rings is 1. The van der Waals surface area contributed by atoms with Crippen LogP contribution in [0.25, 0.3) is 0 Å². The number of thioether (sulfide) groups is 1. The fraction of sp³-hybridized carbons (Fsp3) is 0.375. The van der Waals surface area contributed by atoms with Crippen molar-refractivity contribution in [2.45, 2.75) is 30.8 Å². The fourth-order valence-electron chi connectivity index (χ4n) is 1.95.